The molecule has 0 atom stereocenters. The second-order valence-corrected chi connectivity index (χ2v) is 2.34. The summed E-state index contributed by atoms with van der Waals surface area (Å²) in [6, 6.07) is 8.08. The summed E-state index contributed by atoms with van der Waals surface area (Å²) in [7, 11) is 2.00. The lowest BCUT2D eigenvalue weighted by atomic mass is 10.3. The van der Waals surface area contributed by atoms with Crippen LogP contribution in [0.15, 0.2) is 30.6 Å². The van der Waals surface area contributed by atoms with E-state index in [2.05, 4.69) is 11.1 Å². The zero-order valence-electron chi connectivity index (χ0n) is 11.8. The Morgan fingerprint density at radius 1 is 0.875 bits per heavy atom. The molecular weight excluding hydrogens is 196 g/mol. The van der Waals surface area contributed by atoms with Gasteiger partial charge in [-0.1, -0.05) is 53.7 Å². The van der Waals surface area contributed by atoms with E-state index in [1.807, 2.05) is 77.7 Å². The maximum absolute atomic E-state index is 4.18. The van der Waals surface area contributed by atoms with E-state index in [1.165, 1.54) is 5.52 Å². The van der Waals surface area contributed by atoms with Crippen molar-refractivity contribution in [2.75, 3.05) is 0 Å². The SMILES string of the molecule is CC.CC.CC.Cn1cnc2ccccc21. The summed E-state index contributed by atoms with van der Waals surface area (Å²) < 4.78 is 2.01. The molecule has 2 rings (SSSR count). The van der Waals surface area contributed by atoms with Crippen molar-refractivity contribution in [3.05, 3.63) is 30.6 Å². The Hall–Kier alpha value is -1.31. The number of aromatic nitrogens is 2. The van der Waals surface area contributed by atoms with Crippen molar-refractivity contribution in [1.82, 2.24) is 9.55 Å². The van der Waals surface area contributed by atoms with Gasteiger partial charge in [-0.3, -0.25) is 0 Å². The molecule has 1 aromatic heterocycles. The number of hydrogen-bond acceptors (Lipinski definition) is 1. The zero-order valence-corrected chi connectivity index (χ0v) is 11.8. The number of aryl methyl sites for hydroxylation is 1. The van der Waals surface area contributed by atoms with Gasteiger partial charge in [-0.25, -0.2) is 4.98 Å². The van der Waals surface area contributed by atoms with Gasteiger partial charge in [0.1, 0.15) is 0 Å². The summed E-state index contributed by atoms with van der Waals surface area (Å²) in [5.41, 5.74) is 2.24. The average molecular weight is 222 g/mol. The molecule has 0 saturated carbocycles. The number of nitrogens with zero attached hydrogens (tertiary/aromatic N) is 2. The third-order valence-electron chi connectivity index (χ3n) is 1.63. The largest absolute Gasteiger partial charge is 0.334 e. The van der Waals surface area contributed by atoms with Gasteiger partial charge in [0.25, 0.3) is 0 Å². The van der Waals surface area contributed by atoms with Crippen LogP contribution in [0, 0.1) is 0 Å². The second kappa shape index (κ2) is 11.8. The molecule has 0 spiro atoms. The molecule has 0 aliphatic heterocycles. The predicted molar refractivity (Wildman–Crippen MR) is 74.8 cm³/mol. The highest BCUT2D eigenvalue weighted by Crippen LogP contribution is 2.08. The first-order chi connectivity index (χ1) is 7.88. The Morgan fingerprint density at radius 2 is 1.38 bits per heavy atom. The maximum atomic E-state index is 4.18. The van der Waals surface area contributed by atoms with Crippen molar-refractivity contribution in [2.45, 2.75) is 41.5 Å². The molecule has 16 heavy (non-hydrogen) atoms. The van der Waals surface area contributed by atoms with Gasteiger partial charge in [-0.2, -0.15) is 0 Å². The summed E-state index contributed by atoms with van der Waals surface area (Å²) in [4.78, 5) is 4.18. The third kappa shape index (κ3) is 4.96. The minimum Gasteiger partial charge on any atom is -0.334 e. The Labute approximate surface area is 100 Å². The van der Waals surface area contributed by atoms with Crippen LogP contribution in [0.1, 0.15) is 41.5 Å². The van der Waals surface area contributed by atoms with Gasteiger partial charge < -0.3 is 4.57 Å². The summed E-state index contributed by atoms with van der Waals surface area (Å²) in [6.07, 6.45) is 1.82. The molecule has 0 aliphatic carbocycles. The fourth-order valence-electron chi connectivity index (χ4n) is 1.08. The van der Waals surface area contributed by atoms with E-state index in [0.29, 0.717) is 0 Å². The fraction of sp³-hybridized carbons (Fsp3) is 0.500. The molecule has 1 heterocycles. The first-order valence-corrected chi connectivity index (χ1v) is 6.24. The molecule has 2 heteroatoms. The van der Waals surface area contributed by atoms with E-state index in [-0.39, 0.29) is 0 Å². The third-order valence-corrected chi connectivity index (χ3v) is 1.63. The van der Waals surface area contributed by atoms with Crippen LogP contribution < -0.4 is 0 Å². The smallest absolute Gasteiger partial charge is 0.0955 e. The summed E-state index contributed by atoms with van der Waals surface area (Å²) in [5.74, 6) is 0. The Bertz CT molecular complexity index is 350. The number of hydrogen-bond donors (Lipinski definition) is 0. The molecule has 1 aromatic carbocycles. The zero-order chi connectivity index (χ0) is 13.0. The Balaban J connectivity index is 0. The van der Waals surface area contributed by atoms with Gasteiger partial charge in [0.15, 0.2) is 0 Å². The number of rotatable bonds is 0. The van der Waals surface area contributed by atoms with E-state index in [9.17, 15) is 0 Å². The molecule has 92 valence electrons. The lowest BCUT2D eigenvalue weighted by Gasteiger charge is -1.90. The lowest BCUT2D eigenvalue weighted by Crippen LogP contribution is -1.81. The minimum atomic E-state index is 1.06. The average Bonchev–Trinajstić information content (AvgIpc) is 2.79. The first-order valence-electron chi connectivity index (χ1n) is 6.24. The maximum Gasteiger partial charge on any atom is 0.0955 e. The van der Waals surface area contributed by atoms with Crippen LogP contribution in [0.2, 0.25) is 0 Å². The van der Waals surface area contributed by atoms with E-state index < -0.39 is 0 Å². The van der Waals surface area contributed by atoms with Gasteiger partial charge in [0.05, 0.1) is 17.4 Å². The van der Waals surface area contributed by atoms with Crippen LogP contribution in [0.5, 0.6) is 0 Å². The summed E-state index contributed by atoms with van der Waals surface area (Å²) in [6.45, 7) is 12.0. The summed E-state index contributed by atoms with van der Waals surface area (Å²) >= 11 is 0. The van der Waals surface area contributed by atoms with Crippen molar-refractivity contribution < 1.29 is 0 Å². The molecule has 0 aliphatic rings. The normalized spacial score (nSPS) is 7.69. The highest BCUT2D eigenvalue weighted by Gasteiger charge is 1.93. The standard InChI is InChI=1S/C8H8N2.3C2H6/c1-10-6-9-7-4-2-3-5-8(7)10;3*1-2/h2-6H,1H3;3*1-2H3. The van der Waals surface area contributed by atoms with Crippen molar-refractivity contribution in [2.24, 2.45) is 7.05 Å². The summed E-state index contributed by atoms with van der Waals surface area (Å²) in [5, 5.41) is 0. The molecular formula is C14H26N2. The van der Waals surface area contributed by atoms with E-state index in [4.69, 9.17) is 0 Å². The lowest BCUT2D eigenvalue weighted by molar-refractivity contribution is 0.948. The van der Waals surface area contributed by atoms with Crippen molar-refractivity contribution in [3.8, 4) is 0 Å². The molecule has 0 radical (unpaired) electrons. The number of para-hydroxylation sites is 2. The Morgan fingerprint density at radius 3 is 1.88 bits per heavy atom. The van der Waals surface area contributed by atoms with Crippen molar-refractivity contribution in [1.29, 1.82) is 0 Å². The van der Waals surface area contributed by atoms with Crippen LogP contribution in [0.3, 0.4) is 0 Å². The van der Waals surface area contributed by atoms with Gasteiger partial charge >= 0.3 is 0 Å². The van der Waals surface area contributed by atoms with Crippen LogP contribution in [0.25, 0.3) is 11.0 Å². The molecule has 2 nitrogen and oxygen atoms in total. The van der Waals surface area contributed by atoms with Gasteiger partial charge in [-0.15, -0.1) is 0 Å². The van der Waals surface area contributed by atoms with Gasteiger partial charge in [-0.05, 0) is 12.1 Å². The number of fused-ring (bicyclic) bond motifs is 1. The van der Waals surface area contributed by atoms with Crippen LogP contribution in [-0.4, -0.2) is 9.55 Å². The number of imidazole rings is 1. The van der Waals surface area contributed by atoms with Crippen LogP contribution in [0.4, 0.5) is 0 Å². The van der Waals surface area contributed by atoms with Gasteiger partial charge in [0.2, 0.25) is 0 Å². The highest BCUT2D eigenvalue weighted by atomic mass is 15.0. The molecule has 0 amide bonds. The Kier molecular flexibility index (Phi) is 12.6. The topological polar surface area (TPSA) is 17.8 Å². The highest BCUT2D eigenvalue weighted by molar-refractivity contribution is 5.74. The van der Waals surface area contributed by atoms with E-state index in [1.54, 1.807) is 0 Å². The van der Waals surface area contributed by atoms with Crippen LogP contribution >= 0.6 is 0 Å². The first kappa shape index (κ1) is 17.1. The molecule has 0 saturated heterocycles. The van der Waals surface area contributed by atoms with Crippen LogP contribution in [-0.2, 0) is 7.05 Å². The fourth-order valence-corrected chi connectivity index (χ4v) is 1.08. The predicted octanol–water partition coefficient (Wildman–Crippen LogP) is 4.65. The quantitative estimate of drug-likeness (QED) is 0.634. The molecule has 0 bridgehead atoms. The van der Waals surface area contributed by atoms with Crippen molar-refractivity contribution in [3.63, 3.8) is 0 Å². The van der Waals surface area contributed by atoms with E-state index in [0.717, 1.165) is 5.52 Å². The molecule has 0 N–H and O–H groups in total. The number of benzene rings is 1. The monoisotopic (exact) mass is 222 g/mol. The molecule has 0 unspecified atom stereocenters. The van der Waals surface area contributed by atoms with Crippen molar-refractivity contribution >= 4 is 11.0 Å². The molecule has 2 aromatic rings. The molecule has 0 fully saturated rings. The van der Waals surface area contributed by atoms with Gasteiger partial charge in [0, 0.05) is 7.05 Å². The minimum absolute atomic E-state index is 1.06. The van der Waals surface area contributed by atoms with E-state index >= 15 is 0 Å². The second-order valence-electron chi connectivity index (χ2n) is 2.34.